The zero-order valence-electron chi connectivity index (χ0n) is 8.67. The summed E-state index contributed by atoms with van der Waals surface area (Å²) in [5.41, 5.74) is 0. The molecule has 2 aromatic heterocycles. The van der Waals surface area contributed by atoms with E-state index in [9.17, 15) is 0 Å². The molecule has 1 N–H and O–H groups in total. The molecule has 2 aromatic rings. The van der Waals surface area contributed by atoms with E-state index in [4.69, 9.17) is 0 Å². The predicted octanol–water partition coefficient (Wildman–Crippen LogP) is 5.19. The lowest BCUT2D eigenvalue weighted by atomic mass is 10.3. The second kappa shape index (κ2) is 5.78. The van der Waals surface area contributed by atoms with Crippen LogP contribution in [-0.2, 0) is 6.54 Å². The van der Waals surface area contributed by atoms with Crippen molar-refractivity contribution in [3.8, 4) is 0 Å². The van der Waals surface area contributed by atoms with Crippen molar-refractivity contribution < 1.29 is 0 Å². The lowest BCUT2D eigenvalue weighted by Crippen LogP contribution is -2.16. The van der Waals surface area contributed by atoms with Gasteiger partial charge in [-0.3, -0.25) is 0 Å². The van der Waals surface area contributed by atoms with E-state index in [1.807, 2.05) is 0 Å². The van der Waals surface area contributed by atoms with Crippen molar-refractivity contribution >= 4 is 54.5 Å². The standard InChI is InChI=1S/C11H11Br2NS2/c1-7(10-2-3-11(13)16-10)14-5-9-4-8(12)6-15-9/h2-4,6-7,14H,5H2,1H3. The molecule has 0 aliphatic heterocycles. The van der Waals surface area contributed by atoms with Crippen molar-refractivity contribution in [2.75, 3.05) is 0 Å². The van der Waals surface area contributed by atoms with Gasteiger partial charge in [-0.2, -0.15) is 0 Å². The normalized spacial score (nSPS) is 12.9. The molecular weight excluding hydrogens is 370 g/mol. The van der Waals surface area contributed by atoms with Gasteiger partial charge in [-0.05, 0) is 57.0 Å². The minimum absolute atomic E-state index is 0.400. The van der Waals surface area contributed by atoms with E-state index in [2.05, 4.69) is 67.7 Å². The van der Waals surface area contributed by atoms with Gasteiger partial charge in [0.05, 0.1) is 3.79 Å². The molecule has 0 bridgehead atoms. The Kier molecular flexibility index (Phi) is 4.61. The van der Waals surface area contributed by atoms with Gasteiger partial charge in [0.25, 0.3) is 0 Å². The van der Waals surface area contributed by atoms with Gasteiger partial charge >= 0.3 is 0 Å². The third-order valence-corrected chi connectivity index (χ3v) is 5.73. The zero-order valence-corrected chi connectivity index (χ0v) is 13.5. The van der Waals surface area contributed by atoms with Crippen molar-refractivity contribution in [3.05, 3.63) is 41.6 Å². The lowest BCUT2D eigenvalue weighted by Gasteiger charge is -2.10. The molecule has 5 heteroatoms. The highest BCUT2D eigenvalue weighted by Crippen LogP contribution is 2.27. The molecule has 0 aromatic carbocycles. The first-order chi connectivity index (χ1) is 7.65. The highest BCUT2D eigenvalue weighted by molar-refractivity contribution is 9.11. The number of hydrogen-bond donors (Lipinski definition) is 1. The molecule has 1 atom stereocenters. The molecule has 16 heavy (non-hydrogen) atoms. The van der Waals surface area contributed by atoms with E-state index in [0.29, 0.717) is 6.04 Å². The summed E-state index contributed by atoms with van der Waals surface area (Å²) in [5, 5.41) is 5.64. The third kappa shape index (κ3) is 3.40. The molecular formula is C11H11Br2NS2. The quantitative estimate of drug-likeness (QED) is 0.769. The third-order valence-electron chi connectivity index (χ3n) is 2.23. The highest BCUT2D eigenvalue weighted by Gasteiger charge is 2.07. The topological polar surface area (TPSA) is 12.0 Å². The van der Waals surface area contributed by atoms with Crippen molar-refractivity contribution in [1.29, 1.82) is 0 Å². The van der Waals surface area contributed by atoms with Crippen LogP contribution in [-0.4, -0.2) is 0 Å². The fraction of sp³-hybridized carbons (Fsp3) is 0.273. The van der Waals surface area contributed by atoms with E-state index < -0.39 is 0 Å². The average molecular weight is 381 g/mol. The lowest BCUT2D eigenvalue weighted by molar-refractivity contribution is 0.587. The van der Waals surface area contributed by atoms with Gasteiger partial charge in [0.2, 0.25) is 0 Å². The van der Waals surface area contributed by atoms with Crippen molar-refractivity contribution in [2.24, 2.45) is 0 Å². The number of halogens is 2. The Hall–Kier alpha value is 0.320. The van der Waals surface area contributed by atoms with Gasteiger partial charge in [0.15, 0.2) is 0 Å². The van der Waals surface area contributed by atoms with Crippen molar-refractivity contribution in [2.45, 2.75) is 19.5 Å². The van der Waals surface area contributed by atoms with Crippen LogP contribution in [0.3, 0.4) is 0 Å². The van der Waals surface area contributed by atoms with Crippen LogP contribution in [0.1, 0.15) is 22.7 Å². The van der Waals surface area contributed by atoms with Crippen LogP contribution in [0, 0.1) is 0 Å². The first kappa shape index (κ1) is 12.8. The first-order valence-corrected chi connectivity index (χ1v) is 8.15. The molecule has 2 rings (SSSR count). The Labute approximate surface area is 120 Å². The molecule has 0 fully saturated rings. The fourth-order valence-corrected chi connectivity index (χ4v) is 4.21. The van der Waals surface area contributed by atoms with Gasteiger partial charge in [0.1, 0.15) is 0 Å². The maximum absolute atomic E-state index is 3.52. The number of nitrogens with one attached hydrogen (secondary N) is 1. The second-order valence-corrected chi connectivity index (χ2v) is 7.88. The summed E-state index contributed by atoms with van der Waals surface area (Å²) in [6, 6.07) is 6.82. The Morgan fingerprint density at radius 1 is 1.38 bits per heavy atom. The maximum atomic E-state index is 3.52. The SMILES string of the molecule is CC(NCc1cc(Br)cs1)c1ccc(Br)s1. The average Bonchev–Trinajstić information content (AvgIpc) is 2.84. The second-order valence-electron chi connectivity index (χ2n) is 3.48. The summed E-state index contributed by atoms with van der Waals surface area (Å²) in [5.74, 6) is 0. The van der Waals surface area contributed by atoms with Crippen LogP contribution in [0.2, 0.25) is 0 Å². The van der Waals surface area contributed by atoms with Crippen LogP contribution in [0.25, 0.3) is 0 Å². The minimum atomic E-state index is 0.400. The zero-order chi connectivity index (χ0) is 11.5. The molecule has 0 saturated carbocycles. The molecule has 86 valence electrons. The van der Waals surface area contributed by atoms with E-state index in [1.54, 1.807) is 22.7 Å². The molecule has 0 radical (unpaired) electrons. The van der Waals surface area contributed by atoms with E-state index in [-0.39, 0.29) is 0 Å². The molecule has 2 heterocycles. The maximum Gasteiger partial charge on any atom is 0.0701 e. The van der Waals surface area contributed by atoms with Crippen LogP contribution in [0.5, 0.6) is 0 Å². The minimum Gasteiger partial charge on any atom is -0.305 e. The molecule has 0 spiro atoms. The summed E-state index contributed by atoms with van der Waals surface area (Å²) in [7, 11) is 0. The molecule has 0 aliphatic rings. The summed E-state index contributed by atoms with van der Waals surface area (Å²) in [6.07, 6.45) is 0. The van der Waals surface area contributed by atoms with E-state index in [1.165, 1.54) is 18.0 Å². The molecule has 0 aliphatic carbocycles. The van der Waals surface area contributed by atoms with E-state index >= 15 is 0 Å². The Morgan fingerprint density at radius 3 is 2.75 bits per heavy atom. The van der Waals surface area contributed by atoms with Gasteiger partial charge in [0, 0.05) is 32.2 Å². The largest absolute Gasteiger partial charge is 0.305 e. The molecule has 1 unspecified atom stereocenters. The van der Waals surface area contributed by atoms with Gasteiger partial charge in [-0.25, -0.2) is 0 Å². The summed E-state index contributed by atoms with van der Waals surface area (Å²) in [4.78, 5) is 2.72. The smallest absolute Gasteiger partial charge is 0.0701 e. The highest BCUT2D eigenvalue weighted by atomic mass is 79.9. The Bertz CT molecular complexity index is 464. The predicted molar refractivity (Wildman–Crippen MR) is 79.3 cm³/mol. The number of thiophene rings is 2. The van der Waals surface area contributed by atoms with Crippen molar-refractivity contribution in [1.82, 2.24) is 5.32 Å². The monoisotopic (exact) mass is 379 g/mol. The fourth-order valence-electron chi connectivity index (χ4n) is 1.36. The molecule has 0 amide bonds. The van der Waals surface area contributed by atoms with Crippen LogP contribution < -0.4 is 5.32 Å². The number of rotatable bonds is 4. The molecule has 0 saturated heterocycles. The Balaban J connectivity index is 1.91. The van der Waals surface area contributed by atoms with Crippen molar-refractivity contribution in [3.63, 3.8) is 0 Å². The van der Waals surface area contributed by atoms with E-state index in [0.717, 1.165) is 6.54 Å². The Morgan fingerprint density at radius 2 is 2.19 bits per heavy atom. The summed E-state index contributed by atoms with van der Waals surface area (Å²) in [6.45, 7) is 3.12. The van der Waals surface area contributed by atoms with Crippen LogP contribution in [0.15, 0.2) is 31.8 Å². The summed E-state index contributed by atoms with van der Waals surface area (Å²) < 4.78 is 2.36. The molecule has 1 nitrogen and oxygen atoms in total. The number of hydrogen-bond acceptors (Lipinski definition) is 3. The first-order valence-electron chi connectivity index (χ1n) is 4.86. The van der Waals surface area contributed by atoms with Gasteiger partial charge in [-0.15, -0.1) is 22.7 Å². The van der Waals surface area contributed by atoms with Gasteiger partial charge in [-0.1, -0.05) is 0 Å². The summed E-state index contributed by atoms with van der Waals surface area (Å²) >= 11 is 10.5. The van der Waals surface area contributed by atoms with Crippen LogP contribution in [0.4, 0.5) is 0 Å². The van der Waals surface area contributed by atoms with Crippen LogP contribution >= 0.6 is 54.5 Å². The van der Waals surface area contributed by atoms with Gasteiger partial charge < -0.3 is 5.32 Å².